The molecular weight excluding hydrogens is 510 g/mol. The minimum Gasteiger partial charge on any atom is -0.482 e. The highest BCUT2D eigenvalue weighted by atomic mass is 127. The number of likely N-dealkylation sites (N-methyl/N-ethyl adjacent to an activating group) is 1. The molecule has 0 aliphatic heterocycles. The molecule has 0 fully saturated rings. The summed E-state index contributed by atoms with van der Waals surface area (Å²) in [4.78, 5) is 14.8. The second kappa shape index (κ2) is 11.1. The normalized spacial score (nSPS) is 20.8. The lowest BCUT2D eigenvalue weighted by molar-refractivity contribution is -0.127. The van der Waals surface area contributed by atoms with Crippen LogP contribution in [0, 0.1) is 9.39 Å². The second-order valence-corrected chi connectivity index (χ2v) is 8.65. The first-order valence-electron chi connectivity index (χ1n) is 10.5. The molecule has 0 radical (unpaired) electrons. The number of aliphatic hydroxyl groups is 1. The third kappa shape index (κ3) is 6.05. The van der Waals surface area contributed by atoms with Crippen molar-refractivity contribution in [3.8, 4) is 5.75 Å². The Morgan fingerprint density at radius 1 is 1.19 bits per heavy atom. The van der Waals surface area contributed by atoms with Crippen LogP contribution in [0.2, 0.25) is 0 Å². The summed E-state index contributed by atoms with van der Waals surface area (Å²) in [5.74, 6) is 0.335. The maximum absolute atomic E-state index is 13.2. The van der Waals surface area contributed by atoms with Crippen molar-refractivity contribution in [2.24, 2.45) is 0 Å². The summed E-state index contributed by atoms with van der Waals surface area (Å²) in [6.45, 7) is 5.58. The number of carbonyl (C=O) groups is 1. The van der Waals surface area contributed by atoms with Crippen LogP contribution >= 0.6 is 22.6 Å². The molecule has 2 aromatic carbocycles. The van der Waals surface area contributed by atoms with Crippen LogP contribution in [0.3, 0.4) is 0 Å². The fourth-order valence-electron chi connectivity index (χ4n) is 3.66. The molecule has 1 aliphatic rings. The minimum atomic E-state index is -0.843. The van der Waals surface area contributed by atoms with Crippen molar-refractivity contribution < 1.29 is 19.0 Å². The van der Waals surface area contributed by atoms with Gasteiger partial charge in [-0.1, -0.05) is 24.3 Å². The fraction of sp³-hybridized carbons (Fsp3) is 0.375. The lowest BCUT2D eigenvalue weighted by Crippen LogP contribution is -2.51. The fourth-order valence-corrected chi connectivity index (χ4v) is 4.17. The number of rotatable bonds is 8. The van der Waals surface area contributed by atoms with Crippen molar-refractivity contribution in [3.63, 3.8) is 0 Å². The van der Waals surface area contributed by atoms with Crippen molar-refractivity contribution in [3.05, 3.63) is 75.1 Å². The van der Waals surface area contributed by atoms with Crippen molar-refractivity contribution in [2.45, 2.75) is 45.1 Å². The van der Waals surface area contributed by atoms with Gasteiger partial charge in [-0.15, -0.1) is 0 Å². The van der Waals surface area contributed by atoms with Gasteiger partial charge in [0.1, 0.15) is 23.8 Å². The number of hydrogen-bond donors (Lipinski definition) is 2. The highest BCUT2D eigenvalue weighted by molar-refractivity contribution is 14.1. The SMILES string of the molecule is CCN(CC)C(=O)C1=C[C@H](Oc2ccccc2I)[C@@H](O)[C@H](NCc2ccc(F)cc2)C1. The third-order valence-corrected chi connectivity index (χ3v) is 6.35. The summed E-state index contributed by atoms with van der Waals surface area (Å²) in [5, 5.41) is 14.4. The zero-order valence-corrected chi connectivity index (χ0v) is 19.9. The number of aliphatic hydroxyl groups excluding tert-OH is 1. The molecule has 0 unspecified atom stereocenters. The molecule has 2 N–H and O–H groups in total. The molecule has 5 nitrogen and oxygen atoms in total. The number of nitrogens with one attached hydrogen (secondary N) is 1. The molecule has 2 aromatic rings. The molecule has 3 atom stereocenters. The van der Waals surface area contributed by atoms with Gasteiger partial charge in [-0.3, -0.25) is 4.79 Å². The summed E-state index contributed by atoms with van der Waals surface area (Å²) < 4.78 is 20.2. The van der Waals surface area contributed by atoms with Crippen LogP contribution < -0.4 is 10.1 Å². The first kappa shape index (κ1) is 23.7. The molecule has 31 heavy (non-hydrogen) atoms. The van der Waals surface area contributed by atoms with E-state index >= 15 is 0 Å². The number of ether oxygens (including phenoxy) is 1. The number of carbonyl (C=O) groups excluding carboxylic acids is 1. The van der Waals surface area contributed by atoms with Crippen LogP contribution in [0.5, 0.6) is 5.75 Å². The molecule has 0 saturated heterocycles. The average molecular weight is 538 g/mol. The van der Waals surface area contributed by atoms with E-state index in [0.29, 0.717) is 37.4 Å². The summed E-state index contributed by atoms with van der Waals surface area (Å²) in [5.41, 5.74) is 1.52. The molecule has 7 heteroatoms. The van der Waals surface area contributed by atoms with Gasteiger partial charge in [-0.05, 0) is 78.8 Å². The highest BCUT2D eigenvalue weighted by Gasteiger charge is 2.36. The Hall–Kier alpha value is -1.97. The van der Waals surface area contributed by atoms with E-state index in [1.165, 1.54) is 12.1 Å². The van der Waals surface area contributed by atoms with Crippen molar-refractivity contribution in [1.82, 2.24) is 10.2 Å². The molecule has 0 heterocycles. The third-order valence-electron chi connectivity index (χ3n) is 5.46. The van der Waals surface area contributed by atoms with E-state index in [9.17, 15) is 14.3 Å². The predicted molar refractivity (Wildman–Crippen MR) is 127 cm³/mol. The minimum absolute atomic E-state index is 0.0400. The second-order valence-electron chi connectivity index (χ2n) is 7.49. The molecule has 1 aliphatic carbocycles. The number of benzene rings is 2. The van der Waals surface area contributed by atoms with E-state index in [0.717, 1.165) is 9.13 Å². The molecule has 1 amide bonds. The standard InChI is InChI=1S/C24H28FIN2O3/c1-3-28(4-2)24(30)17-13-20(27-15-16-9-11-18(25)12-10-16)23(29)22(14-17)31-21-8-6-5-7-19(21)26/h5-12,14,20,22-23,27,29H,3-4,13,15H2,1-2H3/t20-,22+,23+/m1/s1. The predicted octanol–water partition coefficient (Wildman–Crippen LogP) is 3.90. The van der Waals surface area contributed by atoms with Crippen LogP contribution in [-0.2, 0) is 11.3 Å². The monoisotopic (exact) mass is 538 g/mol. The number of hydrogen-bond acceptors (Lipinski definition) is 4. The molecule has 0 spiro atoms. The maximum Gasteiger partial charge on any atom is 0.249 e. The van der Waals surface area contributed by atoms with Gasteiger partial charge in [-0.25, -0.2) is 4.39 Å². The van der Waals surface area contributed by atoms with E-state index in [-0.39, 0.29) is 17.8 Å². The van der Waals surface area contributed by atoms with E-state index in [1.54, 1.807) is 23.1 Å². The molecular formula is C24H28FIN2O3. The van der Waals surface area contributed by atoms with Crippen LogP contribution in [0.4, 0.5) is 4.39 Å². The van der Waals surface area contributed by atoms with Gasteiger partial charge in [0, 0.05) is 31.2 Å². The maximum atomic E-state index is 13.2. The first-order valence-corrected chi connectivity index (χ1v) is 11.6. The van der Waals surface area contributed by atoms with E-state index in [4.69, 9.17) is 4.74 Å². The van der Waals surface area contributed by atoms with Gasteiger partial charge in [0.25, 0.3) is 0 Å². The Labute approximate surface area is 196 Å². The average Bonchev–Trinajstić information content (AvgIpc) is 2.77. The van der Waals surface area contributed by atoms with Gasteiger partial charge < -0.3 is 20.1 Å². The van der Waals surface area contributed by atoms with Gasteiger partial charge in [0.15, 0.2) is 0 Å². The Morgan fingerprint density at radius 3 is 2.52 bits per heavy atom. The largest absolute Gasteiger partial charge is 0.482 e. The van der Waals surface area contributed by atoms with Crippen molar-refractivity contribution >= 4 is 28.5 Å². The van der Waals surface area contributed by atoms with Gasteiger partial charge in [0.2, 0.25) is 5.91 Å². The number of amides is 1. The summed E-state index contributed by atoms with van der Waals surface area (Å²) in [7, 11) is 0. The lowest BCUT2D eigenvalue weighted by atomic mass is 9.89. The number of para-hydroxylation sites is 1. The smallest absolute Gasteiger partial charge is 0.249 e. The van der Waals surface area contributed by atoms with Crippen LogP contribution in [0.1, 0.15) is 25.8 Å². The Morgan fingerprint density at radius 2 is 1.87 bits per heavy atom. The van der Waals surface area contributed by atoms with Gasteiger partial charge in [-0.2, -0.15) is 0 Å². The van der Waals surface area contributed by atoms with Crippen LogP contribution in [0.15, 0.2) is 60.2 Å². The Balaban J connectivity index is 1.82. The highest BCUT2D eigenvalue weighted by Crippen LogP contribution is 2.28. The van der Waals surface area contributed by atoms with Crippen molar-refractivity contribution in [2.75, 3.05) is 13.1 Å². The molecule has 0 saturated carbocycles. The summed E-state index contributed by atoms with van der Waals surface area (Å²) in [6, 6.07) is 13.4. The Kier molecular flexibility index (Phi) is 8.45. The Bertz CT molecular complexity index is 915. The van der Waals surface area contributed by atoms with E-state index in [2.05, 4.69) is 27.9 Å². The van der Waals surface area contributed by atoms with E-state index < -0.39 is 12.2 Å². The quantitative estimate of drug-likeness (QED) is 0.501. The van der Waals surface area contributed by atoms with Crippen LogP contribution in [-0.4, -0.2) is 47.3 Å². The van der Waals surface area contributed by atoms with E-state index in [1.807, 2.05) is 38.1 Å². The summed E-state index contributed by atoms with van der Waals surface area (Å²) in [6.07, 6.45) is 0.642. The lowest BCUT2D eigenvalue weighted by Gasteiger charge is -2.35. The molecule has 0 aromatic heterocycles. The zero-order valence-electron chi connectivity index (χ0n) is 17.7. The van der Waals surface area contributed by atoms with Gasteiger partial charge in [0.05, 0.1) is 3.57 Å². The number of halogens is 2. The van der Waals surface area contributed by atoms with Gasteiger partial charge >= 0.3 is 0 Å². The first-order chi connectivity index (χ1) is 14.9. The molecule has 166 valence electrons. The molecule has 0 bridgehead atoms. The topological polar surface area (TPSA) is 61.8 Å². The summed E-state index contributed by atoms with van der Waals surface area (Å²) >= 11 is 2.19. The van der Waals surface area contributed by atoms with Crippen molar-refractivity contribution in [1.29, 1.82) is 0 Å². The zero-order chi connectivity index (χ0) is 22.4. The number of nitrogens with zero attached hydrogens (tertiary/aromatic N) is 1. The molecule has 3 rings (SSSR count). The van der Waals surface area contributed by atoms with Crippen LogP contribution in [0.25, 0.3) is 0 Å².